The minimum Gasteiger partial charge on any atom is -0.508 e. The van der Waals surface area contributed by atoms with E-state index in [9.17, 15) is 19.5 Å². The van der Waals surface area contributed by atoms with Crippen LogP contribution in [0.25, 0.3) is 0 Å². The van der Waals surface area contributed by atoms with Crippen LogP contribution in [0.1, 0.15) is 82.2 Å². The van der Waals surface area contributed by atoms with Crippen molar-refractivity contribution in [1.82, 2.24) is 15.5 Å². The summed E-state index contributed by atoms with van der Waals surface area (Å²) < 4.78 is 0. The van der Waals surface area contributed by atoms with E-state index in [4.69, 9.17) is 0 Å². The molecule has 4 atom stereocenters. The van der Waals surface area contributed by atoms with E-state index in [1.165, 1.54) is 5.56 Å². The number of phenolic OH excluding ortho intramolecular Hbond substituents is 1. The monoisotopic (exact) mass is 519 g/mol. The lowest BCUT2D eigenvalue weighted by molar-refractivity contribution is -0.147. The summed E-state index contributed by atoms with van der Waals surface area (Å²) in [5.41, 5.74) is 3.57. The number of hydrogen-bond acceptors (Lipinski definition) is 4. The summed E-state index contributed by atoms with van der Waals surface area (Å²) in [5.74, 6) is -0.755. The molecule has 0 bridgehead atoms. The Labute approximate surface area is 226 Å². The van der Waals surface area contributed by atoms with Crippen molar-refractivity contribution in [3.8, 4) is 5.75 Å². The zero-order valence-corrected chi connectivity index (χ0v) is 23.2. The second kappa shape index (κ2) is 11.2. The smallest absolute Gasteiger partial charge is 0.246 e. The molecule has 0 spiro atoms. The molecule has 2 aromatic carbocycles. The van der Waals surface area contributed by atoms with Crippen molar-refractivity contribution in [1.29, 1.82) is 0 Å². The molecule has 3 amide bonds. The molecule has 38 heavy (non-hydrogen) atoms. The molecule has 4 rings (SSSR count). The van der Waals surface area contributed by atoms with Gasteiger partial charge >= 0.3 is 0 Å². The number of amides is 3. The van der Waals surface area contributed by atoms with Crippen LogP contribution in [0.2, 0.25) is 0 Å². The molecule has 2 aliphatic rings. The van der Waals surface area contributed by atoms with Crippen molar-refractivity contribution < 1.29 is 19.5 Å². The standard InChI is InChI=1S/C31H41N3O4/c1-6-19(2)28(36)33-27(31(3,4)5)30(38)34-18-22-16-23(35)15-14-21(22)17-26(34)29(37)32-25-13-9-11-20-10-7-8-12-24(20)25/h7-8,10,12,14-16,19,25-27,35H,6,9,11,13,17-18H2,1-5H3,(H,32,37)(H,33,36)/t19-,25-,26+,27-/m1/s1. The summed E-state index contributed by atoms with van der Waals surface area (Å²) in [5, 5.41) is 16.3. The van der Waals surface area contributed by atoms with Crippen molar-refractivity contribution >= 4 is 17.7 Å². The average molecular weight is 520 g/mol. The summed E-state index contributed by atoms with van der Waals surface area (Å²) in [7, 11) is 0. The Bertz CT molecular complexity index is 1200. The summed E-state index contributed by atoms with van der Waals surface area (Å²) in [6.45, 7) is 9.74. The van der Waals surface area contributed by atoms with E-state index in [1.54, 1.807) is 17.0 Å². The molecule has 1 aliphatic heterocycles. The maximum absolute atomic E-state index is 14.2. The molecule has 0 unspecified atom stereocenters. The Morgan fingerprint density at radius 3 is 2.53 bits per heavy atom. The number of nitrogens with zero attached hydrogens (tertiary/aromatic N) is 1. The van der Waals surface area contributed by atoms with Gasteiger partial charge in [0.2, 0.25) is 17.7 Å². The summed E-state index contributed by atoms with van der Waals surface area (Å²) in [6, 6.07) is 11.7. The van der Waals surface area contributed by atoms with Crippen LogP contribution in [0.4, 0.5) is 0 Å². The number of phenols is 1. The minimum absolute atomic E-state index is 0.103. The van der Waals surface area contributed by atoms with Crippen LogP contribution >= 0.6 is 0 Å². The predicted molar refractivity (Wildman–Crippen MR) is 147 cm³/mol. The summed E-state index contributed by atoms with van der Waals surface area (Å²) in [4.78, 5) is 42.5. The molecule has 3 N–H and O–H groups in total. The third-order valence-electron chi connectivity index (χ3n) is 8.05. The normalized spacial score (nSPS) is 20.5. The SMILES string of the molecule is CC[C@@H](C)C(=O)N[C@H](C(=O)N1Cc2cc(O)ccc2C[C@H]1C(=O)N[C@@H]1CCCc2ccccc21)C(C)(C)C. The molecule has 7 heteroatoms. The van der Waals surface area contributed by atoms with Gasteiger partial charge in [-0.05, 0) is 65.5 Å². The second-order valence-electron chi connectivity index (χ2n) is 11.9. The Morgan fingerprint density at radius 1 is 1.08 bits per heavy atom. The van der Waals surface area contributed by atoms with Crippen LogP contribution in [0, 0.1) is 11.3 Å². The van der Waals surface area contributed by atoms with Gasteiger partial charge in [0, 0.05) is 18.9 Å². The van der Waals surface area contributed by atoms with E-state index in [0.29, 0.717) is 12.8 Å². The van der Waals surface area contributed by atoms with Crippen LogP contribution in [-0.4, -0.2) is 39.8 Å². The van der Waals surface area contributed by atoms with Gasteiger partial charge in [-0.3, -0.25) is 14.4 Å². The van der Waals surface area contributed by atoms with Crippen LogP contribution in [0.5, 0.6) is 5.75 Å². The van der Waals surface area contributed by atoms with Crippen LogP contribution < -0.4 is 10.6 Å². The van der Waals surface area contributed by atoms with E-state index >= 15 is 0 Å². The van der Waals surface area contributed by atoms with Crippen LogP contribution in [0.15, 0.2) is 42.5 Å². The zero-order chi connectivity index (χ0) is 27.6. The third kappa shape index (κ3) is 5.87. The Kier molecular flexibility index (Phi) is 8.14. The number of fused-ring (bicyclic) bond motifs is 2. The molecule has 0 saturated carbocycles. The maximum atomic E-state index is 14.2. The second-order valence-corrected chi connectivity index (χ2v) is 11.9. The van der Waals surface area contributed by atoms with Gasteiger partial charge < -0.3 is 20.6 Å². The molecule has 2 aromatic rings. The van der Waals surface area contributed by atoms with Gasteiger partial charge in [-0.15, -0.1) is 0 Å². The maximum Gasteiger partial charge on any atom is 0.246 e. The highest BCUT2D eigenvalue weighted by atomic mass is 16.3. The number of aryl methyl sites for hydroxylation is 1. The fourth-order valence-corrected chi connectivity index (χ4v) is 5.49. The summed E-state index contributed by atoms with van der Waals surface area (Å²) in [6.07, 6.45) is 3.85. The van der Waals surface area contributed by atoms with Gasteiger partial charge in [0.1, 0.15) is 17.8 Å². The molecule has 0 fully saturated rings. The number of nitrogens with one attached hydrogen (secondary N) is 2. The molecule has 204 valence electrons. The first-order chi connectivity index (χ1) is 18.0. The van der Waals surface area contributed by atoms with Crippen LogP contribution in [0.3, 0.4) is 0 Å². The van der Waals surface area contributed by atoms with Crippen molar-refractivity contribution in [3.63, 3.8) is 0 Å². The zero-order valence-electron chi connectivity index (χ0n) is 23.2. The number of rotatable bonds is 6. The highest BCUT2D eigenvalue weighted by Crippen LogP contribution is 2.33. The highest BCUT2D eigenvalue weighted by Gasteiger charge is 2.42. The third-order valence-corrected chi connectivity index (χ3v) is 8.05. The van der Waals surface area contributed by atoms with E-state index in [-0.39, 0.29) is 42.0 Å². The Balaban J connectivity index is 1.65. The van der Waals surface area contributed by atoms with Gasteiger partial charge in [0.25, 0.3) is 0 Å². The van der Waals surface area contributed by atoms with Gasteiger partial charge in [-0.2, -0.15) is 0 Å². The molecule has 1 heterocycles. The molecular weight excluding hydrogens is 478 g/mol. The highest BCUT2D eigenvalue weighted by molar-refractivity contribution is 5.93. The molecule has 7 nitrogen and oxygen atoms in total. The van der Waals surface area contributed by atoms with E-state index in [2.05, 4.69) is 22.8 Å². The number of carbonyl (C=O) groups excluding carboxylic acids is 3. The van der Waals surface area contributed by atoms with Crippen molar-refractivity contribution in [2.24, 2.45) is 11.3 Å². The lowest BCUT2D eigenvalue weighted by Crippen LogP contribution is -2.61. The molecule has 1 aliphatic carbocycles. The number of aromatic hydroxyl groups is 1. The number of carbonyl (C=O) groups is 3. The quantitative estimate of drug-likeness (QED) is 0.526. The van der Waals surface area contributed by atoms with Crippen molar-refractivity contribution in [2.45, 2.75) is 91.4 Å². The summed E-state index contributed by atoms with van der Waals surface area (Å²) >= 11 is 0. The Morgan fingerprint density at radius 2 is 1.82 bits per heavy atom. The molecular formula is C31H41N3O4. The van der Waals surface area contributed by atoms with Crippen molar-refractivity contribution in [2.75, 3.05) is 0 Å². The molecule has 0 aromatic heterocycles. The lowest BCUT2D eigenvalue weighted by Gasteiger charge is -2.41. The van der Waals surface area contributed by atoms with Gasteiger partial charge in [0.15, 0.2) is 0 Å². The molecule has 0 saturated heterocycles. The number of hydrogen-bond donors (Lipinski definition) is 3. The topological polar surface area (TPSA) is 98.7 Å². The lowest BCUT2D eigenvalue weighted by atomic mass is 9.83. The van der Waals surface area contributed by atoms with Crippen LogP contribution in [-0.2, 0) is 33.8 Å². The first-order valence-electron chi connectivity index (χ1n) is 13.8. The van der Waals surface area contributed by atoms with Gasteiger partial charge in [0.05, 0.1) is 6.04 Å². The first-order valence-corrected chi connectivity index (χ1v) is 13.8. The number of benzene rings is 2. The minimum atomic E-state index is -0.798. The molecule has 0 radical (unpaired) electrons. The predicted octanol–water partition coefficient (Wildman–Crippen LogP) is 4.42. The largest absolute Gasteiger partial charge is 0.508 e. The van der Waals surface area contributed by atoms with Gasteiger partial charge in [-0.25, -0.2) is 0 Å². The van der Waals surface area contributed by atoms with E-state index in [1.807, 2.05) is 52.8 Å². The average Bonchev–Trinajstić information content (AvgIpc) is 2.89. The fraction of sp³-hybridized carbons (Fsp3) is 0.516. The van der Waals surface area contributed by atoms with E-state index < -0.39 is 17.5 Å². The van der Waals surface area contributed by atoms with E-state index in [0.717, 1.165) is 36.0 Å². The first kappa shape index (κ1) is 27.7. The van der Waals surface area contributed by atoms with Crippen molar-refractivity contribution in [3.05, 3.63) is 64.7 Å². The Hall–Kier alpha value is -3.35. The fourth-order valence-electron chi connectivity index (χ4n) is 5.49. The van der Waals surface area contributed by atoms with Gasteiger partial charge in [-0.1, -0.05) is 65.0 Å².